The molecule has 4 N–H and O–H groups in total. The number of hydrogen-bond acceptors (Lipinski definition) is 13. The number of aliphatic hydroxyl groups is 1. The first kappa shape index (κ1) is 33.8. The predicted octanol–water partition coefficient (Wildman–Crippen LogP) is 2.88. The van der Waals surface area contributed by atoms with E-state index in [-0.39, 0.29) is 17.3 Å². The van der Waals surface area contributed by atoms with Crippen molar-refractivity contribution in [2.24, 2.45) is 5.41 Å². The van der Waals surface area contributed by atoms with Crippen LogP contribution in [-0.2, 0) is 38.5 Å². The number of carbonyl (C=O) groups excluding carboxylic acids is 2. The van der Waals surface area contributed by atoms with Gasteiger partial charge in [0.05, 0.1) is 23.8 Å². The molecule has 0 aliphatic carbocycles. The van der Waals surface area contributed by atoms with Gasteiger partial charge in [-0.1, -0.05) is 18.2 Å². The number of fused-ring (bicyclic) bond motifs is 1. The quantitative estimate of drug-likeness (QED) is 0.203. The topological polar surface area (TPSA) is 210 Å². The van der Waals surface area contributed by atoms with Crippen LogP contribution in [0.4, 0.5) is 5.82 Å². The maximum atomic E-state index is 14.2. The molecule has 16 heteroatoms. The molecule has 0 bridgehead atoms. The number of para-hydroxylation sites is 1. The van der Waals surface area contributed by atoms with Gasteiger partial charge in [0, 0.05) is 0 Å². The number of aromatic nitrogens is 3. The Morgan fingerprint density at radius 3 is 2.56 bits per heavy atom. The van der Waals surface area contributed by atoms with Gasteiger partial charge in [0.25, 0.3) is 0 Å². The van der Waals surface area contributed by atoms with Crippen molar-refractivity contribution in [3.05, 3.63) is 54.5 Å². The fourth-order valence-corrected chi connectivity index (χ4v) is 6.02. The summed E-state index contributed by atoms with van der Waals surface area (Å²) in [5, 5.41) is 29.4. The number of benzene rings is 1. The van der Waals surface area contributed by atoms with Crippen LogP contribution in [0.5, 0.6) is 5.75 Å². The normalized spacial score (nSPS) is 23.7. The zero-order valence-electron chi connectivity index (χ0n) is 25.8. The van der Waals surface area contributed by atoms with E-state index in [4.69, 9.17) is 29.0 Å². The second kappa shape index (κ2) is 12.7. The third kappa shape index (κ3) is 7.11. The summed E-state index contributed by atoms with van der Waals surface area (Å²) in [6, 6.07) is 11.8. The first-order chi connectivity index (χ1) is 21.0. The number of carbonyl (C=O) groups is 2. The smallest absolute Gasteiger partial charge is 0.459 e. The van der Waals surface area contributed by atoms with Crippen LogP contribution in [0.3, 0.4) is 0 Å². The molecule has 0 saturated carbocycles. The molecule has 5 atom stereocenters. The Balaban J connectivity index is 1.73. The third-order valence-corrected chi connectivity index (χ3v) is 8.46. The first-order valence-corrected chi connectivity index (χ1v) is 15.6. The molecular formula is C29H37N6O9P. The van der Waals surface area contributed by atoms with E-state index < -0.39 is 67.8 Å². The Kier molecular flexibility index (Phi) is 9.58. The maximum Gasteiger partial charge on any atom is 0.459 e. The Morgan fingerprint density at radius 2 is 1.93 bits per heavy atom. The van der Waals surface area contributed by atoms with Crippen molar-refractivity contribution >= 4 is 31.0 Å². The summed E-state index contributed by atoms with van der Waals surface area (Å²) in [5.74, 6) is -1.25. The molecule has 4 rings (SSSR count). The second-order valence-corrected chi connectivity index (χ2v) is 13.6. The molecule has 45 heavy (non-hydrogen) atoms. The Hall–Kier alpha value is -4.06. The Labute approximate surface area is 260 Å². The molecule has 2 aromatic heterocycles. The fraction of sp³-hybridized carbons (Fsp3) is 0.483. The summed E-state index contributed by atoms with van der Waals surface area (Å²) in [4.78, 5) is 29.7. The van der Waals surface area contributed by atoms with Gasteiger partial charge in [-0.15, -0.1) is 0 Å². The molecule has 1 aromatic carbocycles. The molecular weight excluding hydrogens is 607 g/mol. The van der Waals surface area contributed by atoms with Crippen LogP contribution in [0.1, 0.15) is 47.2 Å². The molecule has 0 unspecified atom stereocenters. The molecule has 1 aliphatic heterocycles. The van der Waals surface area contributed by atoms with Crippen molar-refractivity contribution in [3.63, 3.8) is 0 Å². The Morgan fingerprint density at radius 1 is 1.24 bits per heavy atom. The van der Waals surface area contributed by atoms with Gasteiger partial charge in [0.1, 0.15) is 36.3 Å². The average Bonchev–Trinajstić information content (AvgIpc) is 3.53. The highest BCUT2D eigenvalue weighted by Crippen LogP contribution is 2.49. The number of ether oxygens (including phenoxy) is 3. The summed E-state index contributed by atoms with van der Waals surface area (Å²) >= 11 is 0. The van der Waals surface area contributed by atoms with Crippen LogP contribution in [0, 0.1) is 16.7 Å². The number of nitrogens with one attached hydrogen (secondary N) is 1. The van der Waals surface area contributed by atoms with E-state index in [1.165, 1.54) is 36.0 Å². The SMILES string of the molecule is CC(C)OC(=O)[C@H](C)N[P@](=O)(OC[C@@]1(C#N)OC[C@@](O)(c2ccc3c(N)ncnn23)[C@@H]1OC(=O)C(C)(C)C)Oc1ccccc1. The average molecular weight is 645 g/mol. The third-order valence-electron chi connectivity index (χ3n) is 6.83. The number of rotatable bonds is 11. The van der Waals surface area contributed by atoms with Crippen LogP contribution in [-0.4, -0.2) is 68.7 Å². The van der Waals surface area contributed by atoms with E-state index in [0.29, 0.717) is 5.52 Å². The summed E-state index contributed by atoms with van der Waals surface area (Å²) in [6.07, 6.45) is -1.01. The highest BCUT2D eigenvalue weighted by atomic mass is 31.2. The van der Waals surface area contributed by atoms with E-state index in [9.17, 15) is 24.5 Å². The van der Waals surface area contributed by atoms with Crippen molar-refractivity contribution in [3.8, 4) is 11.8 Å². The zero-order chi connectivity index (χ0) is 33.2. The van der Waals surface area contributed by atoms with Crippen molar-refractivity contribution in [2.75, 3.05) is 18.9 Å². The zero-order valence-corrected chi connectivity index (χ0v) is 26.7. The molecule has 3 aromatic rings. The minimum atomic E-state index is -4.49. The predicted molar refractivity (Wildman–Crippen MR) is 159 cm³/mol. The molecule has 1 aliphatic rings. The highest BCUT2D eigenvalue weighted by Gasteiger charge is 2.64. The lowest BCUT2D eigenvalue weighted by Gasteiger charge is -2.35. The fourth-order valence-electron chi connectivity index (χ4n) is 4.50. The molecule has 0 spiro atoms. The summed E-state index contributed by atoms with van der Waals surface area (Å²) in [7, 11) is -4.49. The molecule has 242 valence electrons. The molecule has 0 amide bonds. The van der Waals surface area contributed by atoms with E-state index >= 15 is 0 Å². The number of esters is 2. The minimum Gasteiger partial charge on any atom is -0.462 e. The van der Waals surface area contributed by atoms with E-state index in [0.717, 1.165) is 0 Å². The number of nitrogens with zero attached hydrogens (tertiary/aromatic N) is 4. The van der Waals surface area contributed by atoms with Gasteiger partial charge in [0.2, 0.25) is 5.60 Å². The lowest BCUT2D eigenvalue weighted by atomic mass is 9.85. The van der Waals surface area contributed by atoms with Crippen LogP contribution >= 0.6 is 7.75 Å². The summed E-state index contributed by atoms with van der Waals surface area (Å²) in [5.41, 5.74) is 0.966. The minimum absolute atomic E-state index is 0.0855. The standard InChI is InChI=1S/C29H37N6O9P/c1-18(2)42-24(36)19(3)34-45(39,44-20-10-8-7-9-11-20)41-15-28(14-30)25(43-26(37)27(4,5)6)29(38,16-40-28)22-13-12-21-23(31)32-17-33-35(21)22/h7-13,17-19,25,38H,15-16H2,1-6H3,(H,34,39)(H2,31,32,33)/t19-,25+,28+,29+,45-/m0/s1. The number of nitriles is 1. The first-order valence-electron chi connectivity index (χ1n) is 14.1. The Bertz CT molecular complexity index is 1640. The second-order valence-electron chi connectivity index (χ2n) is 11.9. The molecule has 1 saturated heterocycles. The number of hydrogen-bond donors (Lipinski definition) is 3. The van der Waals surface area contributed by atoms with E-state index in [1.54, 1.807) is 58.9 Å². The van der Waals surface area contributed by atoms with Gasteiger partial charge < -0.3 is 29.6 Å². The summed E-state index contributed by atoms with van der Waals surface area (Å²) < 4.78 is 43.8. The molecule has 1 fully saturated rings. The van der Waals surface area contributed by atoms with Gasteiger partial charge >= 0.3 is 19.7 Å². The number of nitrogen functional groups attached to an aromatic ring is 1. The molecule has 15 nitrogen and oxygen atoms in total. The summed E-state index contributed by atoms with van der Waals surface area (Å²) in [6.45, 7) is 8.11. The lowest BCUT2D eigenvalue weighted by Crippen LogP contribution is -2.54. The lowest BCUT2D eigenvalue weighted by molar-refractivity contribution is -0.178. The van der Waals surface area contributed by atoms with Crippen LogP contribution in [0.25, 0.3) is 5.52 Å². The van der Waals surface area contributed by atoms with Crippen molar-refractivity contribution in [1.29, 1.82) is 5.26 Å². The largest absolute Gasteiger partial charge is 0.462 e. The van der Waals surface area contributed by atoms with Crippen LogP contribution < -0.4 is 15.3 Å². The monoisotopic (exact) mass is 644 g/mol. The number of nitrogens with two attached hydrogens (primary N) is 1. The van der Waals surface area contributed by atoms with E-state index in [1.807, 2.05) is 6.07 Å². The van der Waals surface area contributed by atoms with Crippen LogP contribution in [0.15, 0.2) is 48.8 Å². The van der Waals surface area contributed by atoms with Crippen LogP contribution in [0.2, 0.25) is 0 Å². The van der Waals surface area contributed by atoms with Gasteiger partial charge in [-0.05, 0) is 65.8 Å². The van der Waals surface area contributed by atoms with Crippen molar-refractivity contribution in [2.45, 2.75) is 71.0 Å². The number of anilines is 1. The van der Waals surface area contributed by atoms with Crippen molar-refractivity contribution < 1.29 is 42.5 Å². The highest BCUT2D eigenvalue weighted by molar-refractivity contribution is 7.52. The van der Waals surface area contributed by atoms with Gasteiger partial charge in [-0.3, -0.25) is 14.1 Å². The van der Waals surface area contributed by atoms with Gasteiger partial charge in [-0.2, -0.15) is 15.4 Å². The van der Waals surface area contributed by atoms with Gasteiger partial charge in [-0.25, -0.2) is 14.1 Å². The maximum absolute atomic E-state index is 14.2. The van der Waals surface area contributed by atoms with E-state index in [2.05, 4.69) is 15.2 Å². The molecule has 3 heterocycles. The van der Waals surface area contributed by atoms with Crippen molar-refractivity contribution in [1.82, 2.24) is 19.7 Å². The van der Waals surface area contributed by atoms with Gasteiger partial charge in [0.15, 0.2) is 17.5 Å². The molecule has 0 radical (unpaired) electrons.